The first-order valence-corrected chi connectivity index (χ1v) is 14.1. The highest BCUT2D eigenvalue weighted by Gasteiger charge is 2.32. The van der Waals surface area contributed by atoms with Gasteiger partial charge in [0.05, 0.1) is 5.69 Å². The van der Waals surface area contributed by atoms with Crippen LogP contribution in [0.25, 0.3) is 10.8 Å². The highest BCUT2D eigenvalue weighted by atomic mass is 16.2. The second-order valence-corrected chi connectivity index (χ2v) is 10.1. The molecule has 0 bridgehead atoms. The zero-order valence-electron chi connectivity index (χ0n) is 21.7. The van der Waals surface area contributed by atoms with E-state index in [9.17, 15) is 9.59 Å². The Labute approximate surface area is 211 Å². The minimum absolute atomic E-state index is 0.191. The Kier molecular flexibility index (Phi) is 11.6. The molecule has 0 unspecified atom stereocenters. The van der Waals surface area contributed by atoms with Crippen LogP contribution in [0.4, 0.5) is 5.69 Å². The summed E-state index contributed by atoms with van der Waals surface area (Å²) in [4.78, 5) is 27.5. The smallest absolute Gasteiger partial charge is 0.261 e. The van der Waals surface area contributed by atoms with E-state index in [0.29, 0.717) is 23.1 Å². The highest BCUT2D eigenvalue weighted by molar-refractivity contribution is 6.26. The van der Waals surface area contributed by atoms with Gasteiger partial charge in [-0.05, 0) is 24.6 Å². The standard InChI is InChI=1S/C30H45N3O2/c1-2-3-4-5-6-7-8-9-10-11-12-13-14-15-16-17-23-33-29(34)25-20-18-19-24-27(32-31)22-21-26(28(24)25)30(33)35/h18-22,32H,2-17,23,31H2,1H3. The molecule has 1 aliphatic rings. The highest BCUT2D eigenvalue weighted by Crippen LogP contribution is 2.34. The molecule has 0 aliphatic carbocycles. The fourth-order valence-electron chi connectivity index (χ4n) is 5.29. The lowest BCUT2D eigenvalue weighted by Crippen LogP contribution is -2.40. The first-order valence-electron chi connectivity index (χ1n) is 14.1. The average Bonchev–Trinajstić information content (AvgIpc) is 2.88. The molecule has 0 aromatic heterocycles. The summed E-state index contributed by atoms with van der Waals surface area (Å²) in [6.07, 6.45) is 20.9. The van der Waals surface area contributed by atoms with Gasteiger partial charge in [0.1, 0.15) is 0 Å². The van der Waals surface area contributed by atoms with Crippen molar-refractivity contribution >= 4 is 28.3 Å². The fourth-order valence-corrected chi connectivity index (χ4v) is 5.29. The topological polar surface area (TPSA) is 75.4 Å². The molecule has 0 spiro atoms. The lowest BCUT2D eigenvalue weighted by atomic mass is 9.93. The van der Waals surface area contributed by atoms with E-state index >= 15 is 0 Å². The maximum absolute atomic E-state index is 13.1. The molecule has 1 heterocycles. The second kappa shape index (κ2) is 14.9. The Morgan fingerprint density at radius 2 is 1.14 bits per heavy atom. The average molecular weight is 480 g/mol. The molecule has 5 heteroatoms. The molecule has 3 N–H and O–H groups in total. The molecule has 0 saturated carbocycles. The number of hydrogen-bond donors (Lipinski definition) is 2. The molecule has 0 fully saturated rings. The number of hydrazine groups is 1. The van der Waals surface area contributed by atoms with Gasteiger partial charge in [0, 0.05) is 28.4 Å². The van der Waals surface area contributed by atoms with Crippen molar-refractivity contribution in [1.29, 1.82) is 0 Å². The van der Waals surface area contributed by atoms with Gasteiger partial charge >= 0.3 is 0 Å². The maximum atomic E-state index is 13.1. The number of anilines is 1. The molecule has 2 aromatic carbocycles. The molecule has 2 amide bonds. The third-order valence-electron chi connectivity index (χ3n) is 7.38. The number of rotatable bonds is 18. The van der Waals surface area contributed by atoms with E-state index in [1.165, 1.54) is 94.8 Å². The number of benzene rings is 2. The summed E-state index contributed by atoms with van der Waals surface area (Å²) in [5.74, 6) is 5.23. The van der Waals surface area contributed by atoms with Crippen molar-refractivity contribution in [3.63, 3.8) is 0 Å². The molecular formula is C30H45N3O2. The minimum atomic E-state index is -0.191. The maximum Gasteiger partial charge on any atom is 0.261 e. The number of nitrogen functional groups attached to an aromatic ring is 1. The minimum Gasteiger partial charge on any atom is -0.324 e. The number of carbonyl (C=O) groups excluding carboxylic acids is 2. The van der Waals surface area contributed by atoms with Crippen LogP contribution < -0.4 is 11.3 Å². The lowest BCUT2D eigenvalue weighted by molar-refractivity contribution is 0.0607. The molecule has 2 aromatic rings. The van der Waals surface area contributed by atoms with Crippen LogP contribution in [0.3, 0.4) is 0 Å². The van der Waals surface area contributed by atoms with Gasteiger partial charge in [-0.15, -0.1) is 0 Å². The van der Waals surface area contributed by atoms with Crippen LogP contribution in [0.15, 0.2) is 30.3 Å². The summed E-state index contributed by atoms with van der Waals surface area (Å²) in [5, 5.41) is 1.52. The van der Waals surface area contributed by atoms with Gasteiger partial charge in [-0.2, -0.15) is 0 Å². The Balaban J connectivity index is 1.28. The fraction of sp³-hybridized carbons (Fsp3) is 0.600. The Bertz CT molecular complexity index is 934. The molecule has 35 heavy (non-hydrogen) atoms. The van der Waals surface area contributed by atoms with Crippen LogP contribution in [0, 0.1) is 0 Å². The summed E-state index contributed by atoms with van der Waals surface area (Å²) >= 11 is 0. The van der Waals surface area contributed by atoms with E-state index in [1.54, 1.807) is 6.07 Å². The number of imide groups is 1. The van der Waals surface area contributed by atoms with Gasteiger partial charge in [0.15, 0.2) is 0 Å². The predicted molar refractivity (Wildman–Crippen MR) is 147 cm³/mol. The van der Waals surface area contributed by atoms with E-state index in [4.69, 9.17) is 5.84 Å². The monoisotopic (exact) mass is 479 g/mol. The van der Waals surface area contributed by atoms with E-state index in [-0.39, 0.29) is 11.8 Å². The second-order valence-electron chi connectivity index (χ2n) is 10.1. The third kappa shape index (κ3) is 7.54. The van der Waals surface area contributed by atoms with E-state index < -0.39 is 0 Å². The van der Waals surface area contributed by atoms with Crippen LogP contribution in [0.1, 0.15) is 130 Å². The van der Waals surface area contributed by atoms with Crippen LogP contribution >= 0.6 is 0 Å². The molecule has 3 rings (SSSR count). The number of amides is 2. The molecule has 0 saturated heterocycles. The molecule has 5 nitrogen and oxygen atoms in total. The largest absolute Gasteiger partial charge is 0.324 e. The van der Waals surface area contributed by atoms with Crippen LogP contribution in [-0.4, -0.2) is 23.3 Å². The van der Waals surface area contributed by atoms with Crippen molar-refractivity contribution in [2.75, 3.05) is 12.0 Å². The van der Waals surface area contributed by atoms with Crippen LogP contribution in [-0.2, 0) is 0 Å². The summed E-state index contributed by atoms with van der Waals surface area (Å²) in [5.41, 5.74) is 4.56. The van der Waals surface area contributed by atoms with E-state index in [1.807, 2.05) is 24.3 Å². The predicted octanol–water partition coefficient (Wildman–Crippen LogP) is 7.98. The lowest BCUT2D eigenvalue weighted by Gasteiger charge is -2.27. The van der Waals surface area contributed by atoms with Crippen molar-refractivity contribution in [3.8, 4) is 0 Å². The number of carbonyl (C=O) groups is 2. The Morgan fingerprint density at radius 1 is 0.657 bits per heavy atom. The number of nitrogens with zero attached hydrogens (tertiary/aromatic N) is 1. The number of nitrogens with two attached hydrogens (primary N) is 1. The summed E-state index contributed by atoms with van der Waals surface area (Å²) in [6.45, 7) is 2.76. The normalized spacial score (nSPS) is 13.1. The summed E-state index contributed by atoms with van der Waals surface area (Å²) in [6, 6.07) is 9.13. The Morgan fingerprint density at radius 3 is 1.66 bits per heavy atom. The molecule has 0 radical (unpaired) electrons. The zero-order valence-corrected chi connectivity index (χ0v) is 21.7. The van der Waals surface area contributed by atoms with Crippen molar-refractivity contribution in [2.24, 2.45) is 5.84 Å². The van der Waals surface area contributed by atoms with Crippen molar-refractivity contribution in [2.45, 2.75) is 110 Å². The van der Waals surface area contributed by atoms with Gasteiger partial charge in [-0.3, -0.25) is 20.3 Å². The van der Waals surface area contributed by atoms with Crippen molar-refractivity contribution in [3.05, 3.63) is 41.5 Å². The van der Waals surface area contributed by atoms with E-state index in [2.05, 4.69) is 12.3 Å². The van der Waals surface area contributed by atoms with Crippen LogP contribution in [0.2, 0.25) is 0 Å². The number of nitrogens with one attached hydrogen (secondary N) is 1. The third-order valence-corrected chi connectivity index (χ3v) is 7.38. The number of unbranched alkanes of at least 4 members (excludes halogenated alkanes) is 15. The zero-order chi connectivity index (χ0) is 24.9. The molecule has 0 atom stereocenters. The van der Waals surface area contributed by atoms with Gasteiger partial charge in [-0.1, -0.05) is 115 Å². The first-order chi connectivity index (χ1) is 17.2. The quantitative estimate of drug-likeness (QED) is 0.0983. The Hall–Kier alpha value is -2.40. The van der Waals surface area contributed by atoms with Crippen molar-refractivity contribution in [1.82, 2.24) is 4.90 Å². The molecule has 192 valence electrons. The van der Waals surface area contributed by atoms with Gasteiger partial charge in [-0.25, -0.2) is 0 Å². The van der Waals surface area contributed by atoms with Gasteiger partial charge in [0.25, 0.3) is 11.8 Å². The van der Waals surface area contributed by atoms with E-state index in [0.717, 1.165) is 23.9 Å². The van der Waals surface area contributed by atoms with Gasteiger partial charge in [0.2, 0.25) is 0 Å². The number of hydrogen-bond acceptors (Lipinski definition) is 4. The van der Waals surface area contributed by atoms with Crippen LogP contribution in [0.5, 0.6) is 0 Å². The first kappa shape index (κ1) is 27.2. The molecular weight excluding hydrogens is 434 g/mol. The summed E-state index contributed by atoms with van der Waals surface area (Å²) in [7, 11) is 0. The van der Waals surface area contributed by atoms with Crippen molar-refractivity contribution < 1.29 is 9.59 Å². The molecule has 1 aliphatic heterocycles. The summed E-state index contributed by atoms with van der Waals surface area (Å²) < 4.78 is 0. The van der Waals surface area contributed by atoms with Gasteiger partial charge < -0.3 is 5.43 Å². The SMILES string of the molecule is CCCCCCCCCCCCCCCCCCN1C(=O)c2cccc3c(NN)ccc(c23)C1=O.